The zero-order chi connectivity index (χ0) is 23.6. The van der Waals surface area contributed by atoms with Gasteiger partial charge in [0, 0.05) is 49.9 Å². The fraction of sp³-hybridized carbons (Fsp3) is 0.286. The van der Waals surface area contributed by atoms with Crippen LogP contribution in [0.2, 0.25) is 0 Å². The normalized spacial score (nSPS) is 14.8. The number of sulfonamides is 1. The highest BCUT2D eigenvalue weighted by Gasteiger charge is 2.28. The van der Waals surface area contributed by atoms with E-state index in [0.29, 0.717) is 12.1 Å². The number of hydrogen-bond acceptors (Lipinski definition) is 7. The highest BCUT2D eigenvalue weighted by atomic mass is 32.2. The van der Waals surface area contributed by atoms with E-state index in [1.54, 1.807) is 19.2 Å². The van der Waals surface area contributed by atoms with Gasteiger partial charge in [0.25, 0.3) is 10.0 Å². The third-order valence-electron chi connectivity index (χ3n) is 5.27. The van der Waals surface area contributed by atoms with Gasteiger partial charge in [-0.25, -0.2) is 26.6 Å². The molecule has 3 aromatic rings. The number of aromatic nitrogens is 1. The monoisotopic (exact) mass is 498 g/mol. The van der Waals surface area contributed by atoms with Crippen LogP contribution in [-0.4, -0.2) is 44.6 Å². The van der Waals surface area contributed by atoms with Crippen LogP contribution in [0, 0.1) is 17.5 Å². The molecule has 1 saturated heterocycles. The van der Waals surface area contributed by atoms with Gasteiger partial charge in [0.05, 0.1) is 11.6 Å². The Morgan fingerprint density at radius 1 is 1.18 bits per heavy atom. The lowest BCUT2D eigenvalue weighted by Gasteiger charge is -2.38. The Bertz CT molecular complexity index is 1210. The van der Waals surface area contributed by atoms with Crippen molar-refractivity contribution < 1.29 is 26.3 Å². The number of ether oxygens (including phenoxy) is 1. The van der Waals surface area contributed by atoms with Crippen molar-refractivity contribution in [1.82, 2.24) is 9.88 Å². The van der Waals surface area contributed by atoms with Gasteiger partial charge in [-0.1, -0.05) is 12.1 Å². The second-order valence-corrected chi connectivity index (χ2v) is 9.87. The van der Waals surface area contributed by atoms with Gasteiger partial charge in [0.15, 0.2) is 10.7 Å². The number of likely N-dealkylation sites (tertiary alicyclic amines) is 1. The number of anilines is 2. The molecule has 33 heavy (non-hydrogen) atoms. The van der Waals surface area contributed by atoms with E-state index in [4.69, 9.17) is 4.74 Å². The van der Waals surface area contributed by atoms with E-state index in [0.717, 1.165) is 42.1 Å². The Hall–Kier alpha value is -2.67. The first-order chi connectivity index (χ1) is 15.8. The highest BCUT2D eigenvalue weighted by Crippen LogP contribution is 2.27. The molecule has 176 valence electrons. The lowest BCUT2D eigenvalue weighted by Crippen LogP contribution is -2.51. The minimum absolute atomic E-state index is 0.0183. The van der Waals surface area contributed by atoms with E-state index in [-0.39, 0.29) is 24.2 Å². The number of thiazole rings is 1. The fourth-order valence-electron chi connectivity index (χ4n) is 3.55. The molecule has 0 saturated carbocycles. The van der Waals surface area contributed by atoms with Gasteiger partial charge in [0.2, 0.25) is 0 Å². The van der Waals surface area contributed by atoms with Crippen LogP contribution in [0.15, 0.2) is 46.1 Å². The van der Waals surface area contributed by atoms with Crippen molar-refractivity contribution in [1.29, 1.82) is 0 Å². The summed E-state index contributed by atoms with van der Waals surface area (Å²) in [5, 5.41) is 4.18. The second kappa shape index (κ2) is 9.67. The predicted octanol–water partition coefficient (Wildman–Crippen LogP) is 3.80. The molecular weight excluding hydrogens is 477 g/mol. The van der Waals surface area contributed by atoms with Crippen molar-refractivity contribution in [3.8, 4) is 0 Å². The molecule has 1 aliphatic heterocycles. The fourth-order valence-corrected chi connectivity index (χ4v) is 5.23. The smallest absolute Gasteiger partial charge is 0.268 e. The van der Waals surface area contributed by atoms with Gasteiger partial charge in [-0.3, -0.25) is 9.62 Å². The number of halogens is 3. The molecule has 12 heteroatoms. The Morgan fingerprint density at radius 2 is 1.91 bits per heavy atom. The first-order valence-electron chi connectivity index (χ1n) is 9.92. The zero-order valence-corrected chi connectivity index (χ0v) is 19.1. The van der Waals surface area contributed by atoms with Crippen molar-refractivity contribution in [3.05, 3.63) is 69.8 Å². The summed E-state index contributed by atoms with van der Waals surface area (Å²) in [6, 6.07) is 6.43. The first kappa shape index (κ1) is 23.5. The van der Waals surface area contributed by atoms with Crippen molar-refractivity contribution in [2.75, 3.05) is 30.2 Å². The Kier molecular flexibility index (Phi) is 6.88. The molecule has 2 heterocycles. The molecule has 0 unspecified atom stereocenters. The maximum Gasteiger partial charge on any atom is 0.268 e. The summed E-state index contributed by atoms with van der Waals surface area (Å²) >= 11 is 1.13. The number of hydrogen-bond donors (Lipinski definition) is 2. The molecule has 1 aliphatic rings. The molecule has 0 spiro atoms. The average molecular weight is 499 g/mol. The molecule has 0 amide bonds. The molecule has 0 radical (unpaired) electrons. The molecule has 7 nitrogen and oxygen atoms in total. The maximum atomic E-state index is 14.6. The van der Waals surface area contributed by atoms with Gasteiger partial charge in [-0.15, -0.1) is 11.3 Å². The molecule has 1 aromatic heterocycles. The standard InChI is InChI=1S/C21H21F3N4O3S2/c1-31-15-9-28(10-15)8-13-3-2-4-17(22)16(13)7-25-14-5-18(23)21(19(24)6-14)33(29,30)27-20-11-32-12-26-20/h2-6,11-12,15,25,27H,7-10H2,1H3. The Morgan fingerprint density at radius 3 is 2.55 bits per heavy atom. The second-order valence-electron chi connectivity index (χ2n) is 7.53. The van der Waals surface area contributed by atoms with Crippen LogP contribution in [0.3, 0.4) is 0 Å². The maximum absolute atomic E-state index is 14.6. The van der Waals surface area contributed by atoms with Gasteiger partial charge in [-0.2, -0.15) is 0 Å². The van der Waals surface area contributed by atoms with Crippen molar-refractivity contribution in [2.24, 2.45) is 0 Å². The van der Waals surface area contributed by atoms with E-state index < -0.39 is 32.4 Å². The van der Waals surface area contributed by atoms with Crippen LogP contribution < -0.4 is 10.0 Å². The quantitative estimate of drug-likeness (QED) is 0.467. The summed E-state index contributed by atoms with van der Waals surface area (Å²) < 4.78 is 75.8. The van der Waals surface area contributed by atoms with Crippen LogP contribution in [0.1, 0.15) is 11.1 Å². The minimum atomic E-state index is -4.52. The summed E-state index contributed by atoms with van der Waals surface area (Å²) in [6.07, 6.45) is 0.158. The molecular formula is C21H21F3N4O3S2. The molecule has 2 aromatic carbocycles. The summed E-state index contributed by atoms with van der Waals surface area (Å²) in [5.74, 6) is -3.04. The zero-order valence-electron chi connectivity index (χ0n) is 17.5. The number of nitrogens with zero attached hydrogens (tertiary/aromatic N) is 2. The molecule has 0 atom stereocenters. The van der Waals surface area contributed by atoms with E-state index in [9.17, 15) is 21.6 Å². The number of benzene rings is 2. The number of rotatable bonds is 9. The van der Waals surface area contributed by atoms with Crippen LogP contribution in [0.4, 0.5) is 24.7 Å². The summed E-state index contributed by atoms with van der Waals surface area (Å²) in [7, 11) is -2.88. The van der Waals surface area contributed by atoms with Crippen molar-refractivity contribution in [2.45, 2.75) is 24.1 Å². The largest absolute Gasteiger partial charge is 0.381 e. The van der Waals surface area contributed by atoms with E-state index >= 15 is 0 Å². The van der Waals surface area contributed by atoms with Crippen molar-refractivity contribution in [3.63, 3.8) is 0 Å². The predicted molar refractivity (Wildman–Crippen MR) is 119 cm³/mol. The van der Waals surface area contributed by atoms with Gasteiger partial charge < -0.3 is 10.1 Å². The number of nitrogens with one attached hydrogen (secondary N) is 2. The lowest BCUT2D eigenvalue weighted by atomic mass is 10.0. The summed E-state index contributed by atoms with van der Waals surface area (Å²) in [4.78, 5) is 4.73. The third-order valence-corrected chi connectivity index (χ3v) is 7.27. The topological polar surface area (TPSA) is 83.6 Å². The number of methoxy groups -OCH3 is 1. The highest BCUT2D eigenvalue weighted by molar-refractivity contribution is 7.92. The molecule has 2 N–H and O–H groups in total. The third kappa shape index (κ3) is 5.29. The minimum Gasteiger partial charge on any atom is -0.381 e. The molecule has 0 bridgehead atoms. The van der Waals surface area contributed by atoms with Crippen LogP contribution in [0.25, 0.3) is 0 Å². The lowest BCUT2D eigenvalue weighted by molar-refractivity contribution is -0.0335. The summed E-state index contributed by atoms with van der Waals surface area (Å²) in [6.45, 7) is 1.95. The SMILES string of the molecule is COC1CN(Cc2cccc(F)c2CNc2cc(F)c(S(=O)(=O)Nc3cscn3)c(F)c2)C1. The summed E-state index contributed by atoms with van der Waals surface area (Å²) in [5.41, 5.74) is 2.47. The van der Waals surface area contributed by atoms with E-state index in [2.05, 4.69) is 15.2 Å². The van der Waals surface area contributed by atoms with Crippen LogP contribution in [0.5, 0.6) is 0 Å². The van der Waals surface area contributed by atoms with Crippen molar-refractivity contribution >= 4 is 32.9 Å². The van der Waals surface area contributed by atoms with Gasteiger partial charge in [0.1, 0.15) is 17.5 Å². The molecule has 4 rings (SSSR count). The molecule has 1 fully saturated rings. The van der Waals surface area contributed by atoms with Crippen LogP contribution in [-0.2, 0) is 27.8 Å². The Labute approximate surface area is 193 Å². The molecule has 0 aliphatic carbocycles. The van der Waals surface area contributed by atoms with E-state index in [1.165, 1.54) is 17.0 Å². The van der Waals surface area contributed by atoms with E-state index in [1.807, 2.05) is 4.72 Å². The van der Waals surface area contributed by atoms with Gasteiger partial charge >= 0.3 is 0 Å². The first-order valence-corrected chi connectivity index (χ1v) is 12.3. The van der Waals surface area contributed by atoms with Crippen LogP contribution >= 0.6 is 11.3 Å². The average Bonchev–Trinajstić information content (AvgIpc) is 3.21. The Balaban J connectivity index is 1.49. The van der Waals surface area contributed by atoms with Gasteiger partial charge in [-0.05, 0) is 23.8 Å².